The third-order valence-electron chi connectivity index (χ3n) is 3.94. The minimum Gasteiger partial charge on any atom is -0.333 e. The second-order valence-electron chi connectivity index (χ2n) is 5.06. The van der Waals surface area contributed by atoms with Gasteiger partial charge >= 0.3 is 0 Å². The SMILES string of the molecule is O=C(c1cccc(=O)[nH]1)N1CCCC2CNCC21. The van der Waals surface area contributed by atoms with Crippen LogP contribution in [0.3, 0.4) is 0 Å². The summed E-state index contributed by atoms with van der Waals surface area (Å²) in [6.07, 6.45) is 2.23. The van der Waals surface area contributed by atoms with Crippen molar-refractivity contribution in [2.75, 3.05) is 19.6 Å². The van der Waals surface area contributed by atoms with Crippen molar-refractivity contribution in [2.45, 2.75) is 18.9 Å². The second kappa shape index (κ2) is 4.57. The number of fused-ring (bicyclic) bond motifs is 1. The summed E-state index contributed by atoms with van der Waals surface area (Å²) in [4.78, 5) is 28.2. The van der Waals surface area contributed by atoms with Crippen molar-refractivity contribution in [2.24, 2.45) is 5.92 Å². The van der Waals surface area contributed by atoms with Crippen molar-refractivity contribution in [1.29, 1.82) is 0 Å². The number of H-pyrrole nitrogens is 1. The molecule has 1 amide bonds. The predicted octanol–water partition coefficient (Wildman–Crippen LogP) is 0.199. The molecule has 2 atom stereocenters. The van der Waals surface area contributed by atoms with Crippen molar-refractivity contribution >= 4 is 5.91 Å². The van der Waals surface area contributed by atoms with Crippen LogP contribution in [-0.4, -0.2) is 41.5 Å². The highest BCUT2D eigenvalue weighted by molar-refractivity contribution is 5.92. The minimum absolute atomic E-state index is 0.0499. The highest BCUT2D eigenvalue weighted by atomic mass is 16.2. The van der Waals surface area contributed by atoms with Crippen molar-refractivity contribution in [3.05, 3.63) is 34.2 Å². The van der Waals surface area contributed by atoms with Gasteiger partial charge in [0.25, 0.3) is 5.91 Å². The summed E-state index contributed by atoms with van der Waals surface area (Å²) in [6, 6.07) is 5.01. The molecular formula is C13H17N3O2. The average molecular weight is 247 g/mol. The van der Waals surface area contributed by atoms with E-state index in [-0.39, 0.29) is 17.5 Å². The van der Waals surface area contributed by atoms with Gasteiger partial charge in [0.1, 0.15) is 5.69 Å². The van der Waals surface area contributed by atoms with E-state index in [1.165, 1.54) is 12.5 Å². The first kappa shape index (κ1) is 11.5. The Hall–Kier alpha value is -1.62. The van der Waals surface area contributed by atoms with Crippen LogP contribution in [0.15, 0.2) is 23.0 Å². The van der Waals surface area contributed by atoms with E-state index >= 15 is 0 Å². The lowest BCUT2D eigenvalue weighted by Crippen LogP contribution is -2.48. The number of hydrogen-bond acceptors (Lipinski definition) is 3. The lowest BCUT2D eigenvalue weighted by Gasteiger charge is -2.36. The lowest BCUT2D eigenvalue weighted by atomic mass is 9.92. The number of rotatable bonds is 1. The maximum Gasteiger partial charge on any atom is 0.270 e. The number of amides is 1. The molecule has 2 fully saturated rings. The number of carbonyl (C=O) groups excluding carboxylic acids is 1. The fourth-order valence-electron chi connectivity index (χ4n) is 3.05. The largest absolute Gasteiger partial charge is 0.333 e. The van der Waals surface area contributed by atoms with E-state index in [4.69, 9.17) is 0 Å². The fourth-order valence-corrected chi connectivity index (χ4v) is 3.05. The molecule has 2 saturated heterocycles. The Morgan fingerprint density at radius 2 is 2.22 bits per heavy atom. The maximum absolute atomic E-state index is 12.4. The Kier molecular flexibility index (Phi) is 2.91. The van der Waals surface area contributed by atoms with E-state index in [0.717, 1.165) is 26.1 Å². The van der Waals surface area contributed by atoms with Crippen LogP contribution >= 0.6 is 0 Å². The van der Waals surface area contributed by atoms with Gasteiger partial charge in [-0.25, -0.2) is 0 Å². The van der Waals surface area contributed by atoms with E-state index in [2.05, 4.69) is 10.3 Å². The topological polar surface area (TPSA) is 65.2 Å². The van der Waals surface area contributed by atoms with E-state index in [9.17, 15) is 9.59 Å². The summed E-state index contributed by atoms with van der Waals surface area (Å²) >= 11 is 0. The van der Waals surface area contributed by atoms with E-state index in [1.807, 2.05) is 4.90 Å². The Bertz CT molecular complexity index is 511. The first-order valence-corrected chi connectivity index (χ1v) is 6.47. The first-order valence-electron chi connectivity index (χ1n) is 6.47. The summed E-state index contributed by atoms with van der Waals surface area (Å²) in [6.45, 7) is 2.66. The van der Waals surface area contributed by atoms with Gasteiger partial charge < -0.3 is 15.2 Å². The van der Waals surface area contributed by atoms with Crippen molar-refractivity contribution in [1.82, 2.24) is 15.2 Å². The number of nitrogens with one attached hydrogen (secondary N) is 2. The fraction of sp³-hybridized carbons (Fsp3) is 0.538. The van der Waals surface area contributed by atoms with E-state index < -0.39 is 0 Å². The number of pyridine rings is 1. The van der Waals surface area contributed by atoms with Gasteiger partial charge in [-0.2, -0.15) is 0 Å². The smallest absolute Gasteiger partial charge is 0.270 e. The number of aromatic nitrogens is 1. The molecule has 0 radical (unpaired) electrons. The molecule has 0 aromatic carbocycles. The number of carbonyl (C=O) groups is 1. The molecule has 18 heavy (non-hydrogen) atoms. The number of likely N-dealkylation sites (tertiary alicyclic amines) is 1. The normalized spacial score (nSPS) is 27.0. The lowest BCUT2D eigenvalue weighted by molar-refractivity contribution is 0.0568. The van der Waals surface area contributed by atoms with Crippen molar-refractivity contribution < 1.29 is 4.79 Å². The molecule has 2 unspecified atom stereocenters. The van der Waals surface area contributed by atoms with Crippen LogP contribution < -0.4 is 10.9 Å². The number of piperidine rings is 1. The second-order valence-corrected chi connectivity index (χ2v) is 5.06. The van der Waals surface area contributed by atoms with Gasteiger partial charge in [0, 0.05) is 31.7 Å². The van der Waals surface area contributed by atoms with Gasteiger partial charge in [-0.05, 0) is 24.8 Å². The molecule has 0 bridgehead atoms. The molecule has 2 aliphatic rings. The molecule has 1 aromatic rings. The van der Waals surface area contributed by atoms with E-state index in [0.29, 0.717) is 11.6 Å². The molecule has 0 saturated carbocycles. The highest BCUT2D eigenvalue weighted by Gasteiger charge is 2.37. The Labute approximate surface area is 105 Å². The Morgan fingerprint density at radius 1 is 1.33 bits per heavy atom. The quantitative estimate of drug-likeness (QED) is 0.745. The molecule has 5 heteroatoms. The van der Waals surface area contributed by atoms with Crippen LogP contribution in [0.25, 0.3) is 0 Å². The molecule has 0 spiro atoms. The molecule has 5 nitrogen and oxygen atoms in total. The molecule has 2 N–H and O–H groups in total. The molecule has 3 rings (SSSR count). The zero-order chi connectivity index (χ0) is 12.5. The van der Waals surface area contributed by atoms with Crippen LogP contribution in [0.5, 0.6) is 0 Å². The number of aromatic amines is 1. The van der Waals surface area contributed by atoms with Gasteiger partial charge in [0.2, 0.25) is 5.56 Å². The summed E-state index contributed by atoms with van der Waals surface area (Å²) < 4.78 is 0. The molecular weight excluding hydrogens is 230 g/mol. The number of hydrogen-bond donors (Lipinski definition) is 2. The highest BCUT2D eigenvalue weighted by Crippen LogP contribution is 2.27. The molecule has 3 heterocycles. The Morgan fingerprint density at radius 3 is 3.06 bits per heavy atom. The maximum atomic E-state index is 12.4. The van der Waals surface area contributed by atoms with Gasteiger partial charge in [0.15, 0.2) is 0 Å². The van der Waals surface area contributed by atoms with Crippen LogP contribution in [0.4, 0.5) is 0 Å². The molecule has 1 aromatic heterocycles. The van der Waals surface area contributed by atoms with Crippen molar-refractivity contribution in [3.8, 4) is 0 Å². The monoisotopic (exact) mass is 247 g/mol. The van der Waals surface area contributed by atoms with Gasteiger partial charge in [-0.3, -0.25) is 9.59 Å². The minimum atomic E-state index is -0.223. The molecule has 2 aliphatic heterocycles. The van der Waals surface area contributed by atoms with Crippen LogP contribution in [0, 0.1) is 5.92 Å². The summed E-state index contributed by atoms with van der Waals surface area (Å²) in [5.41, 5.74) is 0.175. The average Bonchev–Trinajstić information content (AvgIpc) is 2.86. The zero-order valence-electron chi connectivity index (χ0n) is 10.2. The third kappa shape index (κ3) is 1.95. The van der Waals surface area contributed by atoms with Crippen LogP contribution in [0.1, 0.15) is 23.3 Å². The summed E-state index contributed by atoms with van der Waals surface area (Å²) in [7, 11) is 0. The zero-order valence-corrected chi connectivity index (χ0v) is 10.2. The molecule has 96 valence electrons. The van der Waals surface area contributed by atoms with Gasteiger partial charge in [0.05, 0.1) is 0 Å². The van der Waals surface area contributed by atoms with Gasteiger partial charge in [-0.15, -0.1) is 0 Å². The molecule has 0 aliphatic carbocycles. The van der Waals surface area contributed by atoms with Gasteiger partial charge in [-0.1, -0.05) is 6.07 Å². The third-order valence-corrected chi connectivity index (χ3v) is 3.94. The van der Waals surface area contributed by atoms with Crippen LogP contribution in [0.2, 0.25) is 0 Å². The summed E-state index contributed by atoms with van der Waals surface area (Å²) in [5, 5.41) is 3.35. The summed E-state index contributed by atoms with van der Waals surface area (Å²) in [5.74, 6) is 0.518. The Balaban J connectivity index is 1.85. The standard InChI is InChI=1S/C13H17N3O2/c17-12-5-1-4-10(15-12)13(18)16-6-2-3-9-7-14-8-11(9)16/h1,4-5,9,11,14H,2-3,6-8H2,(H,15,17). The number of nitrogens with zero attached hydrogens (tertiary/aromatic N) is 1. The van der Waals surface area contributed by atoms with Crippen LogP contribution in [-0.2, 0) is 0 Å². The van der Waals surface area contributed by atoms with E-state index in [1.54, 1.807) is 12.1 Å². The first-order chi connectivity index (χ1) is 8.75. The predicted molar refractivity (Wildman–Crippen MR) is 67.5 cm³/mol. The van der Waals surface area contributed by atoms with Crippen molar-refractivity contribution in [3.63, 3.8) is 0 Å².